The van der Waals surface area contributed by atoms with Crippen LogP contribution >= 0.6 is 15.9 Å². The Morgan fingerprint density at radius 3 is 3.19 bits per heavy atom. The van der Waals surface area contributed by atoms with E-state index in [9.17, 15) is 0 Å². The second-order valence-electron chi connectivity index (χ2n) is 4.17. The predicted molar refractivity (Wildman–Crippen MR) is 67.2 cm³/mol. The van der Waals surface area contributed by atoms with Gasteiger partial charge in [-0.25, -0.2) is 4.98 Å². The summed E-state index contributed by atoms with van der Waals surface area (Å²) in [5, 5.41) is 3.44. The molecule has 3 nitrogen and oxygen atoms in total. The van der Waals surface area contributed by atoms with Crippen LogP contribution in [-0.2, 0) is 11.3 Å². The first-order chi connectivity index (χ1) is 7.84. The van der Waals surface area contributed by atoms with Crippen molar-refractivity contribution in [2.45, 2.75) is 19.4 Å². The Hall–Kier alpha value is -0.450. The van der Waals surface area contributed by atoms with E-state index in [1.165, 1.54) is 12.8 Å². The average Bonchev–Trinajstić information content (AvgIpc) is 2.30. The Bertz CT molecular complexity index is 327. The van der Waals surface area contributed by atoms with Crippen LogP contribution in [0.15, 0.2) is 22.8 Å². The van der Waals surface area contributed by atoms with Crippen LogP contribution in [0.5, 0.6) is 0 Å². The maximum atomic E-state index is 5.44. The van der Waals surface area contributed by atoms with E-state index in [1.54, 1.807) is 0 Å². The minimum atomic E-state index is 0.668. The first-order valence-corrected chi connectivity index (χ1v) is 6.54. The number of ether oxygens (including phenoxy) is 1. The largest absolute Gasteiger partial charge is 0.381 e. The SMILES string of the molecule is Brc1cccc(CNCC2CCCOC2)n1. The highest BCUT2D eigenvalue weighted by atomic mass is 79.9. The van der Waals surface area contributed by atoms with Crippen molar-refractivity contribution in [3.63, 3.8) is 0 Å². The fraction of sp³-hybridized carbons (Fsp3) is 0.583. The van der Waals surface area contributed by atoms with Crippen molar-refractivity contribution in [3.8, 4) is 0 Å². The molecule has 16 heavy (non-hydrogen) atoms. The zero-order chi connectivity index (χ0) is 11.2. The average molecular weight is 285 g/mol. The van der Waals surface area contributed by atoms with Crippen LogP contribution in [0.25, 0.3) is 0 Å². The van der Waals surface area contributed by atoms with Crippen molar-refractivity contribution < 1.29 is 4.74 Å². The predicted octanol–water partition coefficient (Wildman–Crippen LogP) is 2.36. The summed E-state index contributed by atoms with van der Waals surface area (Å²) in [4.78, 5) is 4.38. The van der Waals surface area contributed by atoms with E-state index < -0.39 is 0 Å². The van der Waals surface area contributed by atoms with Gasteiger partial charge in [-0.15, -0.1) is 0 Å². The highest BCUT2D eigenvalue weighted by molar-refractivity contribution is 9.10. The van der Waals surface area contributed by atoms with E-state index in [4.69, 9.17) is 4.74 Å². The lowest BCUT2D eigenvalue weighted by Crippen LogP contribution is -2.29. The van der Waals surface area contributed by atoms with Crippen LogP contribution in [0.4, 0.5) is 0 Å². The molecular formula is C12H17BrN2O. The molecule has 1 atom stereocenters. The van der Waals surface area contributed by atoms with Crippen LogP contribution in [0, 0.1) is 5.92 Å². The molecule has 1 aliphatic heterocycles. The van der Waals surface area contributed by atoms with E-state index in [0.717, 1.165) is 36.6 Å². The van der Waals surface area contributed by atoms with E-state index >= 15 is 0 Å². The Morgan fingerprint density at radius 1 is 1.50 bits per heavy atom. The molecule has 0 aromatic carbocycles. The van der Waals surface area contributed by atoms with Gasteiger partial charge < -0.3 is 10.1 Å². The van der Waals surface area contributed by atoms with Crippen molar-refractivity contribution >= 4 is 15.9 Å². The van der Waals surface area contributed by atoms with Gasteiger partial charge >= 0.3 is 0 Å². The van der Waals surface area contributed by atoms with E-state index in [0.29, 0.717) is 5.92 Å². The highest BCUT2D eigenvalue weighted by Gasteiger charge is 2.12. The fourth-order valence-corrected chi connectivity index (χ4v) is 2.30. The normalized spacial score (nSPS) is 20.9. The molecule has 1 aliphatic rings. The van der Waals surface area contributed by atoms with Crippen LogP contribution in [0.1, 0.15) is 18.5 Å². The van der Waals surface area contributed by atoms with Gasteiger partial charge in [0.05, 0.1) is 12.3 Å². The third kappa shape index (κ3) is 3.85. The molecule has 1 N–H and O–H groups in total. The molecule has 4 heteroatoms. The monoisotopic (exact) mass is 284 g/mol. The molecule has 0 saturated carbocycles. The van der Waals surface area contributed by atoms with Crippen LogP contribution in [-0.4, -0.2) is 24.7 Å². The summed E-state index contributed by atoms with van der Waals surface area (Å²) in [5.41, 5.74) is 1.08. The second kappa shape index (κ2) is 6.33. The number of rotatable bonds is 4. The molecule has 0 spiro atoms. The Labute approximate surface area is 105 Å². The number of pyridine rings is 1. The number of hydrogen-bond acceptors (Lipinski definition) is 3. The van der Waals surface area contributed by atoms with Gasteiger partial charge in [-0.1, -0.05) is 6.07 Å². The lowest BCUT2D eigenvalue weighted by atomic mass is 10.0. The van der Waals surface area contributed by atoms with Gasteiger partial charge in [-0.05, 0) is 46.8 Å². The summed E-state index contributed by atoms with van der Waals surface area (Å²) in [6.45, 7) is 3.69. The second-order valence-corrected chi connectivity index (χ2v) is 4.98. The van der Waals surface area contributed by atoms with Gasteiger partial charge in [0.2, 0.25) is 0 Å². The Kier molecular flexibility index (Phi) is 4.75. The first-order valence-electron chi connectivity index (χ1n) is 5.74. The summed E-state index contributed by atoms with van der Waals surface area (Å²) in [5.74, 6) is 0.668. The van der Waals surface area contributed by atoms with Gasteiger partial charge in [-0.3, -0.25) is 0 Å². The molecule has 0 bridgehead atoms. The first kappa shape index (κ1) is 12.0. The van der Waals surface area contributed by atoms with E-state index in [-0.39, 0.29) is 0 Å². The van der Waals surface area contributed by atoms with Crippen LogP contribution < -0.4 is 5.32 Å². The standard InChI is InChI=1S/C12H17BrN2O/c13-12-5-1-4-11(15-12)8-14-7-10-3-2-6-16-9-10/h1,4-5,10,14H,2-3,6-9H2. The molecule has 2 heterocycles. The van der Waals surface area contributed by atoms with Gasteiger partial charge in [0.1, 0.15) is 4.60 Å². The molecule has 88 valence electrons. The van der Waals surface area contributed by atoms with Gasteiger partial charge in [0.25, 0.3) is 0 Å². The van der Waals surface area contributed by atoms with Gasteiger partial charge in [0.15, 0.2) is 0 Å². The number of nitrogens with zero attached hydrogens (tertiary/aromatic N) is 1. The molecule has 1 aromatic rings. The molecule has 1 saturated heterocycles. The number of halogens is 1. The smallest absolute Gasteiger partial charge is 0.106 e. The Morgan fingerprint density at radius 2 is 2.44 bits per heavy atom. The summed E-state index contributed by atoms with van der Waals surface area (Å²) >= 11 is 3.37. The summed E-state index contributed by atoms with van der Waals surface area (Å²) in [6.07, 6.45) is 2.47. The third-order valence-corrected chi connectivity index (χ3v) is 3.21. The van der Waals surface area contributed by atoms with Crippen molar-refractivity contribution in [2.75, 3.05) is 19.8 Å². The summed E-state index contributed by atoms with van der Waals surface area (Å²) in [6, 6.07) is 5.99. The topological polar surface area (TPSA) is 34.1 Å². The van der Waals surface area contributed by atoms with Crippen molar-refractivity contribution in [3.05, 3.63) is 28.5 Å². The summed E-state index contributed by atoms with van der Waals surface area (Å²) in [7, 11) is 0. The van der Waals surface area contributed by atoms with Gasteiger partial charge in [-0.2, -0.15) is 0 Å². The molecule has 0 amide bonds. The van der Waals surface area contributed by atoms with E-state index in [1.807, 2.05) is 18.2 Å². The zero-order valence-corrected chi connectivity index (χ0v) is 10.9. The zero-order valence-electron chi connectivity index (χ0n) is 9.29. The highest BCUT2D eigenvalue weighted by Crippen LogP contribution is 2.12. The minimum Gasteiger partial charge on any atom is -0.381 e. The maximum Gasteiger partial charge on any atom is 0.106 e. The lowest BCUT2D eigenvalue weighted by molar-refractivity contribution is 0.0547. The molecule has 2 rings (SSSR count). The number of hydrogen-bond donors (Lipinski definition) is 1. The molecule has 1 unspecified atom stereocenters. The van der Waals surface area contributed by atoms with Crippen LogP contribution in [0.3, 0.4) is 0 Å². The molecular weight excluding hydrogens is 268 g/mol. The van der Waals surface area contributed by atoms with E-state index in [2.05, 4.69) is 26.2 Å². The Balaban J connectivity index is 1.71. The van der Waals surface area contributed by atoms with Crippen molar-refractivity contribution in [1.82, 2.24) is 10.3 Å². The molecule has 0 radical (unpaired) electrons. The molecule has 0 aliphatic carbocycles. The maximum absolute atomic E-state index is 5.44. The van der Waals surface area contributed by atoms with Crippen molar-refractivity contribution in [2.24, 2.45) is 5.92 Å². The number of nitrogens with one attached hydrogen (secondary N) is 1. The number of aromatic nitrogens is 1. The van der Waals surface area contributed by atoms with Crippen molar-refractivity contribution in [1.29, 1.82) is 0 Å². The molecule has 1 fully saturated rings. The van der Waals surface area contributed by atoms with Gasteiger partial charge in [0, 0.05) is 19.7 Å². The lowest BCUT2D eigenvalue weighted by Gasteiger charge is -2.22. The quantitative estimate of drug-likeness (QED) is 0.862. The molecule has 1 aromatic heterocycles. The third-order valence-electron chi connectivity index (χ3n) is 2.77. The fourth-order valence-electron chi connectivity index (χ4n) is 1.92. The van der Waals surface area contributed by atoms with Crippen LogP contribution in [0.2, 0.25) is 0 Å². The minimum absolute atomic E-state index is 0.668. The summed E-state index contributed by atoms with van der Waals surface area (Å²) < 4.78 is 6.34.